The van der Waals surface area contributed by atoms with E-state index in [1.54, 1.807) is 6.33 Å². The van der Waals surface area contributed by atoms with Crippen LogP contribution in [0.15, 0.2) is 23.4 Å². The first-order chi connectivity index (χ1) is 7.36. The van der Waals surface area contributed by atoms with Gasteiger partial charge >= 0.3 is 0 Å². The number of nitrogens with zero attached hydrogens (tertiary/aromatic N) is 4. The van der Waals surface area contributed by atoms with Crippen molar-refractivity contribution in [2.45, 2.75) is 0 Å². The maximum absolute atomic E-state index is 5.63. The molecular formula is C8H6N6O. The molecule has 0 aliphatic rings. The number of nitrogens with one attached hydrogen (secondary N) is 1. The van der Waals surface area contributed by atoms with E-state index in [1.165, 1.54) is 12.6 Å². The number of nitrogen functional groups attached to an aromatic ring is 1. The maximum Gasteiger partial charge on any atom is 0.181 e. The Kier molecular flexibility index (Phi) is 1.46. The molecule has 0 aromatic carbocycles. The number of aromatic nitrogens is 5. The maximum atomic E-state index is 5.63. The van der Waals surface area contributed by atoms with Gasteiger partial charge in [0.2, 0.25) is 0 Å². The molecule has 0 saturated heterocycles. The highest BCUT2D eigenvalue weighted by Crippen LogP contribution is 2.26. The summed E-state index contributed by atoms with van der Waals surface area (Å²) >= 11 is 0. The second-order valence-electron chi connectivity index (χ2n) is 2.94. The molecule has 15 heavy (non-hydrogen) atoms. The highest BCUT2D eigenvalue weighted by atomic mass is 16.5. The lowest BCUT2D eigenvalue weighted by atomic mass is 10.2. The van der Waals surface area contributed by atoms with Gasteiger partial charge in [0.1, 0.15) is 23.8 Å². The van der Waals surface area contributed by atoms with Crippen LogP contribution in [0.2, 0.25) is 0 Å². The van der Waals surface area contributed by atoms with Gasteiger partial charge in [-0.3, -0.25) is 0 Å². The molecule has 0 radical (unpaired) electrons. The van der Waals surface area contributed by atoms with Gasteiger partial charge in [0.15, 0.2) is 11.5 Å². The van der Waals surface area contributed by atoms with Crippen LogP contribution >= 0.6 is 0 Å². The molecule has 0 aliphatic carbocycles. The molecule has 3 aromatic heterocycles. The van der Waals surface area contributed by atoms with Crippen molar-refractivity contribution in [2.24, 2.45) is 0 Å². The van der Waals surface area contributed by atoms with Crippen molar-refractivity contribution in [3.8, 4) is 11.3 Å². The average molecular weight is 202 g/mol. The van der Waals surface area contributed by atoms with Crippen LogP contribution in [-0.2, 0) is 0 Å². The molecule has 0 spiro atoms. The van der Waals surface area contributed by atoms with Gasteiger partial charge in [0.05, 0.1) is 11.9 Å². The van der Waals surface area contributed by atoms with E-state index in [0.29, 0.717) is 28.2 Å². The van der Waals surface area contributed by atoms with Crippen molar-refractivity contribution >= 4 is 17.0 Å². The molecule has 7 nitrogen and oxygen atoms in total. The molecular weight excluding hydrogens is 196 g/mol. The fraction of sp³-hybridized carbons (Fsp3) is 0. The predicted molar refractivity (Wildman–Crippen MR) is 51.6 cm³/mol. The molecule has 7 heteroatoms. The van der Waals surface area contributed by atoms with E-state index in [-0.39, 0.29) is 0 Å². The van der Waals surface area contributed by atoms with Gasteiger partial charge in [0.25, 0.3) is 0 Å². The zero-order valence-electron chi connectivity index (χ0n) is 7.51. The minimum atomic E-state index is 0.296. The summed E-state index contributed by atoms with van der Waals surface area (Å²) in [5, 5.41) is 3.59. The summed E-state index contributed by atoms with van der Waals surface area (Å²) < 4.78 is 4.76. The van der Waals surface area contributed by atoms with Gasteiger partial charge in [0, 0.05) is 0 Å². The molecule has 0 fully saturated rings. The molecule has 0 atom stereocenters. The zero-order chi connectivity index (χ0) is 10.3. The molecule has 3 heterocycles. The van der Waals surface area contributed by atoms with Crippen LogP contribution in [0, 0.1) is 0 Å². The highest BCUT2D eigenvalue weighted by molar-refractivity contribution is 5.89. The van der Waals surface area contributed by atoms with Crippen LogP contribution in [-0.4, -0.2) is 25.1 Å². The van der Waals surface area contributed by atoms with E-state index in [0.717, 1.165) is 0 Å². The van der Waals surface area contributed by atoms with Crippen LogP contribution < -0.4 is 5.73 Å². The Morgan fingerprint density at radius 3 is 3.00 bits per heavy atom. The normalized spacial score (nSPS) is 10.9. The van der Waals surface area contributed by atoms with Gasteiger partial charge in [-0.1, -0.05) is 5.16 Å². The van der Waals surface area contributed by atoms with Crippen molar-refractivity contribution in [1.29, 1.82) is 0 Å². The SMILES string of the molecule is Nc1nocc1-c1ncnc2nc[nH]c12. The van der Waals surface area contributed by atoms with Gasteiger partial charge < -0.3 is 15.2 Å². The van der Waals surface area contributed by atoms with Gasteiger partial charge in [-0.2, -0.15) is 0 Å². The Balaban J connectivity index is 2.36. The zero-order valence-corrected chi connectivity index (χ0v) is 7.51. The third-order valence-electron chi connectivity index (χ3n) is 2.08. The van der Waals surface area contributed by atoms with Crippen molar-refractivity contribution in [2.75, 3.05) is 5.73 Å². The van der Waals surface area contributed by atoms with Crippen LogP contribution in [0.25, 0.3) is 22.4 Å². The summed E-state index contributed by atoms with van der Waals surface area (Å²) in [5.74, 6) is 0.296. The van der Waals surface area contributed by atoms with Crippen LogP contribution in [0.1, 0.15) is 0 Å². The Morgan fingerprint density at radius 2 is 2.20 bits per heavy atom. The number of imidazole rings is 1. The second kappa shape index (κ2) is 2.77. The first kappa shape index (κ1) is 7.92. The Hall–Kier alpha value is -2.44. The predicted octanol–water partition coefficient (Wildman–Crippen LogP) is 0.590. The fourth-order valence-electron chi connectivity index (χ4n) is 1.39. The number of hydrogen-bond acceptors (Lipinski definition) is 6. The number of nitrogens with two attached hydrogens (primary N) is 1. The lowest BCUT2D eigenvalue weighted by Crippen LogP contribution is -1.91. The molecule has 3 aromatic rings. The average Bonchev–Trinajstić information content (AvgIpc) is 2.85. The number of rotatable bonds is 1. The van der Waals surface area contributed by atoms with Crippen molar-refractivity contribution in [1.82, 2.24) is 25.1 Å². The van der Waals surface area contributed by atoms with Crippen molar-refractivity contribution in [3.63, 3.8) is 0 Å². The van der Waals surface area contributed by atoms with Crippen molar-refractivity contribution < 1.29 is 4.52 Å². The van der Waals surface area contributed by atoms with Crippen molar-refractivity contribution in [3.05, 3.63) is 18.9 Å². The van der Waals surface area contributed by atoms with Gasteiger partial charge in [-0.05, 0) is 0 Å². The molecule has 0 bridgehead atoms. The van der Waals surface area contributed by atoms with Crippen LogP contribution in [0.4, 0.5) is 5.82 Å². The molecule has 0 saturated carbocycles. The Morgan fingerprint density at radius 1 is 1.27 bits per heavy atom. The summed E-state index contributed by atoms with van der Waals surface area (Å²) in [6.07, 6.45) is 4.41. The third kappa shape index (κ3) is 1.06. The number of fused-ring (bicyclic) bond motifs is 1. The minimum absolute atomic E-state index is 0.296. The van der Waals surface area contributed by atoms with E-state index in [1.807, 2.05) is 0 Å². The quantitative estimate of drug-likeness (QED) is 0.598. The number of anilines is 1. The summed E-state index contributed by atoms with van der Waals surface area (Å²) in [6, 6.07) is 0. The summed E-state index contributed by atoms with van der Waals surface area (Å²) in [7, 11) is 0. The smallest absolute Gasteiger partial charge is 0.181 e. The monoisotopic (exact) mass is 202 g/mol. The standard InChI is InChI=1S/C8H6N6O/c9-7-4(1-15-14-7)5-6-8(12-2-10-5)13-3-11-6/h1-3H,(H2,9,14)(H,10,11,12,13). The summed E-state index contributed by atoms with van der Waals surface area (Å²) in [6.45, 7) is 0. The third-order valence-corrected chi connectivity index (χ3v) is 2.08. The Labute approximate surface area is 83.3 Å². The number of H-pyrrole nitrogens is 1. The molecule has 0 unspecified atom stereocenters. The van der Waals surface area contributed by atoms with E-state index >= 15 is 0 Å². The van der Waals surface area contributed by atoms with Crippen LogP contribution in [0.5, 0.6) is 0 Å². The molecule has 0 amide bonds. The molecule has 74 valence electrons. The molecule has 3 rings (SSSR count). The number of aromatic amines is 1. The summed E-state index contributed by atoms with van der Waals surface area (Å²) in [4.78, 5) is 15.1. The molecule has 0 aliphatic heterocycles. The first-order valence-electron chi connectivity index (χ1n) is 4.20. The minimum Gasteiger partial charge on any atom is -0.380 e. The lowest BCUT2D eigenvalue weighted by molar-refractivity contribution is 0.423. The lowest BCUT2D eigenvalue weighted by Gasteiger charge is -1.96. The number of hydrogen-bond donors (Lipinski definition) is 2. The Bertz CT molecular complexity index is 612. The van der Waals surface area contributed by atoms with Gasteiger partial charge in [-0.25, -0.2) is 15.0 Å². The van der Waals surface area contributed by atoms with E-state index in [4.69, 9.17) is 10.3 Å². The topological polar surface area (TPSA) is 107 Å². The molecule has 3 N–H and O–H groups in total. The summed E-state index contributed by atoms with van der Waals surface area (Å²) in [5.41, 5.74) is 8.20. The largest absolute Gasteiger partial charge is 0.380 e. The van der Waals surface area contributed by atoms with Crippen LogP contribution in [0.3, 0.4) is 0 Å². The van der Waals surface area contributed by atoms with E-state index in [2.05, 4.69) is 25.1 Å². The van der Waals surface area contributed by atoms with E-state index < -0.39 is 0 Å². The van der Waals surface area contributed by atoms with E-state index in [9.17, 15) is 0 Å². The highest BCUT2D eigenvalue weighted by Gasteiger charge is 2.13. The first-order valence-corrected chi connectivity index (χ1v) is 4.20. The second-order valence-corrected chi connectivity index (χ2v) is 2.94. The fourth-order valence-corrected chi connectivity index (χ4v) is 1.39. The van der Waals surface area contributed by atoms with Gasteiger partial charge in [-0.15, -0.1) is 0 Å².